The van der Waals surface area contributed by atoms with Gasteiger partial charge in [0, 0.05) is 25.1 Å². The monoisotopic (exact) mass is 223 g/mol. The molecule has 1 rings (SSSR count). The zero-order valence-corrected chi connectivity index (χ0v) is 9.60. The van der Waals surface area contributed by atoms with Crippen molar-refractivity contribution in [3.63, 3.8) is 0 Å². The molecule has 0 aliphatic rings. The van der Waals surface area contributed by atoms with Crippen LogP contribution in [0.5, 0.6) is 0 Å². The van der Waals surface area contributed by atoms with Crippen molar-refractivity contribution in [2.24, 2.45) is 0 Å². The summed E-state index contributed by atoms with van der Waals surface area (Å²) in [6.45, 7) is 4.67. The molecule has 0 saturated carbocycles. The molecule has 2 N–H and O–H groups in total. The second kappa shape index (κ2) is 6.05. The van der Waals surface area contributed by atoms with Gasteiger partial charge < -0.3 is 10.4 Å². The van der Waals surface area contributed by atoms with Gasteiger partial charge in [-0.15, -0.1) is 0 Å². The summed E-state index contributed by atoms with van der Waals surface area (Å²) >= 11 is 0. The number of carbonyl (C=O) groups is 1. The fourth-order valence-electron chi connectivity index (χ4n) is 1.21. The number of carboxylic acids is 1. The van der Waals surface area contributed by atoms with E-state index in [4.69, 9.17) is 5.11 Å². The van der Waals surface area contributed by atoms with E-state index < -0.39 is 5.97 Å². The van der Waals surface area contributed by atoms with E-state index in [0.29, 0.717) is 18.9 Å². The summed E-state index contributed by atoms with van der Waals surface area (Å²) in [6.07, 6.45) is 2.48. The van der Waals surface area contributed by atoms with Crippen molar-refractivity contribution in [3.05, 3.63) is 18.1 Å². The lowest BCUT2D eigenvalue weighted by atomic mass is 10.2. The number of anilines is 1. The number of aliphatic carboxylic acids is 1. The quantitative estimate of drug-likeness (QED) is 0.720. The summed E-state index contributed by atoms with van der Waals surface area (Å²) in [5.74, 6) is 1.07. The average molecular weight is 223 g/mol. The fraction of sp³-hybridized carbons (Fsp3) is 0.545. The van der Waals surface area contributed by atoms with Gasteiger partial charge in [-0.2, -0.15) is 0 Å². The Morgan fingerprint density at radius 1 is 1.56 bits per heavy atom. The van der Waals surface area contributed by atoms with Crippen LogP contribution >= 0.6 is 0 Å². The molecule has 16 heavy (non-hydrogen) atoms. The van der Waals surface area contributed by atoms with Gasteiger partial charge >= 0.3 is 5.97 Å². The number of nitrogens with zero attached hydrogens (tertiary/aromatic N) is 2. The number of aromatic nitrogens is 2. The van der Waals surface area contributed by atoms with Gasteiger partial charge in [0.15, 0.2) is 0 Å². The Morgan fingerprint density at radius 3 is 2.94 bits per heavy atom. The molecule has 5 heteroatoms. The summed E-state index contributed by atoms with van der Waals surface area (Å²) in [6, 6.07) is 1.78. The van der Waals surface area contributed by atoms with Crippen LogP contribution < -0.4 is 5.32 Å². The molecule has 1 heterocycles. The first-order valence-electron chi connectivity index (χ1n) is 5.38. The maximum absolute atomic E-state index is 10.3. The van der Waals surface area contributed by atoms with Gasteiger partial charge in [0.2, 0.25) is 0 Å². The predicted molar refractivity (Wildman–Crippen MR) is 61.5 cm³/mol. The molecular formula is C11H17N3O2. The van der Waals surface area contributed by atoms with Crippen LogP contribution in [0.15, 0.2) is 12.3 Å². The zero-order valence-electron chi connectivity index (χ0n) is 9.60. The van der Waals surface area contributed by atoms with Gasteiger partial charge in [-0.05, 0) is 12.5 Å². The van der Waals surface area contributed by atoms with Crippen LogP contribution in [-0.2, 0) is 4.79 Å². The summed E-state index contributed by atoms with van der Waals surface area (Å²) in [5, 5.41) is 11.6. The Hall–Kier alpha value is -1.65. The third-order valence-electron chi connectivity index (χ3n) is 2.06. The van der Waals surface area contributed by atoms with Crippen LogP contribution in [0.1, 0.15) is 38.4 Å². The highest BCUT2D eigenvalue weighted by Crippen LogP contribution is 2.10. The summed E-state index contributed by atoms with van der Waals surface area (Å²) in [5.41, 5.74) is 0. The number of carboxylic acid groups (broad SMARTS) is 1. The van der Waals surface area contributed by atoms with Crippen molar-refractivity contribution < 1.29 is 9.90 Å². The third-order valence-corrected chi connectivity index (χ3v) is 2.06. The van der Waals surface area contributed by atoms with E-state index in [9.17, 15) is 4.79 Å². The molecule has 0 atom stereocenters. The number of nitrogens with one attached hydrogen (secondary N) is 1. The fourth-order valence-corrected chi connectivity index (χ4v) is 1.21. The van der Waals surface area contributed by atoms with Gasteiger partial charge in [-0.25, -0.2) is 9.97 Å². The highest BCUT2D eigenvalue weighted by Gasteiger charge is 2.03. The van der Waals surface area contributed by atoms with Crippen LogP contribution in [0.2, 0.25) is 0 Å². The molecule has 0 unspecified atom stereocenters. The van der Waals surface area contributed by atoms with Crippen molar-refractivity contribution in [1.29, 1.82) is 0 Å². The van der Waals surface area contributed by atoms with E-state index in [-0.39, 0.29) is 6.42 Å². The average Bonchev–Trinajstić information content (AvgIpc) is 2.24. The minimum Gasteiger partial charge on any atom is -0.481 e. The molecule has 0 aliphatic carbocycles. The third kappa shape index (κ3) is 4.25. The number of hydrogen-bond donors (Lipinski definition) is 2. The lowest BCUT2D eigenvalue weighted by molar-refractivity contribution is -0.137. The lowest BCUT2D eigenvalue weighted by Gasteiger charge is -2.07. The van der Waals surface area contributed by atoms with Crippen molar-refractivity contribution in [2.75, 3.05) is 11.9 Å². The number of hydrogen-bond acceptors (Lipinski definition) is 4. The SMILES string of the molecule is CC(C)c1nccc(NCCCC(=O)O)n1. The van der Waals surface area contributed by atoms with Crippen molar-refractivity contribution >= 4 is 11.8 Å². The highest BCUT2D eigenvalue weighted by molar-refractivity contribution is 5.66. The molecule has 0 radical (unpaired) electrons. The molecule has 1 aromatic rings. The summed E-state index contributed by atoms with van der Waals surface area (Å²) in [4.78, 5) is 18.8. The maximum atomic E-state index is 10.3. The van der Waals surface area contributed by atoms with Crippen molar-refractivity contribution in [1.82, 2.24) is 9.97 Å². The largest absolute Gasteiger partial charge is 0.481 e. The Kier molecular flexibility index (Phi) is 4.69. The minimum absolute atomic E-state index is 0.176. The van der Waals surface area contributed by atoms with Gasteiger partial charge in [0.1, 0.15) is 11.6 Å². The van der Waals surface area contributed by atoms with Crippen LogP contribution in [0.4, 0.5) is 5.82 Å². The lowest BCUT2D eigenvalue weighted by Crippen LogP contribution is -2.08. The minimum atomic E-state index is -0.771. The topological polar surface area (TPSA) is 75.1 Å². The summed E-state index contributed by atoms with van der Waals surface area (Å²) in [7, 11) is 0. The van der Waals surface area contributed by atoms with Crippen LogP contribution in [0.25, 0.3) is 0 Å². The molecule has 1 aromatic heterocycles. The Labute approximate surface area is 94.9 Å². The highest BCUT2D eigenvalue weighted by atomic mass is 16.4. The van der Waals surface area contributed by atoms with Gasteiger partial charge in [0.25, 0.3) is 0 Å². The molecule has 0 fully saturated rings. The molecule has 0 saturated heterocycles. The van der Waals surface area contributed by atoms with Gasteiger partial charge in [0.05, 0.1) is 0 Å². The standard InChI is InChI=1S/C11H17N3O2/c1-8(2)11-13-7-5-9(14-11)12-6-3-4-10(15)16/h5,7-8H,3-4,6H2,1-2H3,(H,15,16)(H,12,13,14). The predicted octanol–water partition coefficient (Wildman–Crippen LogP) is 1.88. The normalized spacial score (nSPS) is 10.4. The maximum Gasteiger partial charge on any atom is 0.303 e. The van der Waals surface area contributed by atoms with E-state index in [1.165, 1.54) is 0 Å². The Morgan fingerprint density at radius 2 is 2.31 bits per heavy atom. The van der Waals surface area contributed by atoms with Crippen LogP contribution in [-0.4, -0.2) is 27.6 Å². The smallest absolute Gasteiger partial charge is 0.303 e. The second-order valence-corrected chi connectivity index (χ2v) is 3.88. The number of rotatable bonds is 6. The first-order valence-corrected chi connectivity index (χ1v) is 5.38. The molecule has 88 valence electrons. The van der Waals surface area contributed by atoms with E-state index >= 15 is 0 Å². The Bertz CT molecular complexity index is 353. The molecule has 0 aromatic carbocycles. The molecule has 5 nitrogen and oxygen atoms in total. The first-order chi connectivity index (χ1) is 7.59. The van der Waals surface area contributed by atoms with Crippen LogP contribution in [0.3, 0.4) is 0 Å². The van der Waals surface area contributed by atoms with E-state index in [2.05, 4.69) is 15.3 Å². The molecule has 0 bridgehead atoms. The molecule has 0 amide bonds. The Balaban J connectivity index is 2.42. The van der Waals surface area contributed by atoms with E-state index in [1.807, 2.05) is 13.8 Å². The molecule has 0 spiro atoms. The van der Waals surface area contributed by atoms with E-state index in [0.717, 1.165) is 11.6 Å². The second-order valence-electron chi connectivity index (χ2n) is 3.88. The summed E-state index contributed by atoms with van der Waals surface area (Å²) < 4.78 is 0. The van der Waals surface area contributed by atoms with Gasteiger partial charge in [-0.1, -0.05) is 13.8 Å². The van der Waals surface area contributed by atoms with Crippen molar-refractivity contribution in [3.8, 4) is 0 Å². The van der Waals surface area contributed by atoms with E-state index in [1.54, 1.807) is 12.3 Å². The zero-order chi connectivity index (χ0) is 12.0. The molecular weight excluding hydrogens is 206 g/mol. The molecule has 0 aliphatic heterocycles. The van der Waals surface area contributed by atoms with Crippen molar-refractivity contribution in [2.45, 2.75) is 32.6 Å². The van der Waals surface area contributed by atoms with Gasteiger partial charge in [-0.3, -0.25) is 4.79 Å². The first kappa shape index (κ1) is 12.4. The van der Waals surface area contributed by atoms with Crippen LogP contribution in [0, 0.1) is 0 Å².